The van der Waals surface area contributed by atoms with E-state index in [4.69, 9.17) is 8.83 Å². The molecule has 0 aliphatic rings. The van der Waals surface area contributed by atoms with Crippen molar-refractivity contribution in [2.75, 3.05) is 0 Å². The van der Waals surface area contributed by atoms with Gasteiger partial charge in [0.25, 0.3) is 0 Å². The average Bonchev–Trinajstić information content (AvgIpc) is 2.91. The van der Waals surface area contributed by atoms with Gasteiger partial charge in [0.2, 0.25) is 0 Å². The SMILES string of the molecule is Cc1oc2ccc3c(C)cc(=O)oc3c2c1C(=O)c1ccc(O)cc1. The van der Waals surface area contributed by atoms with Gasteiger partial charge in [-0.25, -0.2) is 4.79 Å². The Morgan fingerprint density at radius 2 is 1.72 bits per heavy atom. The highest BCUT2D eigenvalue weighted by Gasteiger charge is 2.23. The molecule has 4 rings (SSSR count). The van der Waals surface area contributed by atoms with Crippen molar-refractivity contribution < 1.29 is 18.7 Å². The number of benzene rings is 2. The van der Waals surface area contributed by atoms with Gasteiger partial charge in [0.1, 0.15) is 17.1 Å². The van der Waals surface area contributed by atoms with Crippen molar-refractivity contribution in [3.05, 3.63) is 75.3 Å². The van der Waals surface area contributed by atoms with Gasteiger partial charge in [-0.1, -0.05) is 0 Å². The first-order valence-electron chi connectivity index (χ1n) is 7.76. The smallest absolute Gasteiger partial charge is 0.336 e. The number of phenolic OH excluding ortho intramolecular Hbond substituents is 1. The quantitative estimate of drug-likeness (QED) is 0.441. The van der Waals surface area contributed by atoms with Crippen molar-refractivity contribution in [1.82, 2.24) is 0 Å². The monoisotopic (exact) mass is 334 g/mol. The van der Waals surface area contributed by atoms with Crippen molar-refractivity contribution in [3.8, 4) is 5.75 Å². The second kappa shape index (κ2) is 5.34. The molecule has 0 aliphatic heterocycles. The molecular weight excluding hydrogens is 320 g/mol. The standard InChI is InChI=1S/C20H14O5/c1-10-9-16(22)25-20-14(10)7-8-15-18(20)17(11(2)24-15)19(23)12-3-5-13(21)6-4-12/h3-9,21H,1-2H3. The van der Waals surface area contributed by atoms with E-state index in [2.05, 4.69) is 0 Å². The predicted molar refractivity (Wildman–Crippen MR) is 93.3 cm³/mol. The summed E-state index contributed by atoms with van der Waals surface area (Å²) in [5.41, 5.74) is 1.91. The van der Waals surface area contributed by atoms with Crippen LogP contribution in [0, 0.1) is 13.8 Å². The molecule has 124 valence electrons. The minimum atomic E-state index is -0.473. The maximum Gasteiger partial charge on any atom is 0.336 e. The lowest BCUT2D eigenvalue weighted by atomic mass is 9.98. The summed E-state index contributed by atoms with van der Waals surface area (Å²) in [5.74, 6) is 0.273. The number of furan rings is 1. The highest BCUT2D eigenvalue weighted by atomic mass is 16.4. The molecule has 1 N–H and O–H groups in total. The van der Waals surface area contributed by atoms with Crippen molar-refractivity contribution in [2.45, 2.75) is 13.8 Å². The number of aromatic hydroxyl groups is 1. The van der Waals surface area contributed by atoms with Gasteiger partial charge >= 0.3 is 5.63 Å². The van der Waals surface area contributed by atoms with Crippen LogP contribution in [-0.4, -0.2) is 10.9 Å². The summed E-state index contributed by atoms with van der Waals surface area (Å²) in [6, 6.07) is 11.0. The second-order valence-corrected chi connectivity index (χ2v) is 5.97. The van der Waals surface area contributed by atoms with Crippen molar-refractivity contribution >= 4 is 27.7 Å². The fraction of sp³-hybridized carbons (Fsp3) is 0.100. The van der Waals surface area contributed by atoms with Crippen LogP contribution in [0.3, 0.4) is 0 Å². The Balaban J connectivity index is 2.08. The minimum Gasteiger partial charge on any atom is -0.508 e. The molecule has 0 fully saturated rings. The number of fused-ring (bicyclic) bond motifs is 3. The molecule has 0 amide bonds. The predicted octanol–water partition coefficient (Wildman–Crippen LogP) is 4.09. The molecule has 2 heterocycles. The van der Waals surface area contributed by atoms with Gasteiger partial charge in [-0.15, -0.1) is 0 Å². The van der Waals surface area contributed by atoms with E-state index in [9.17, 15) is 14.7 Å². The molecule has 5 heteroatoms. The van der Waals surface area contributed by atoms with Crippen molar-refractivity contribution in [3.63, 3.8) is 0 Å². The lowest BCUT2D eigenvalue weighted by Crippen LogP contribution is -2.03. The third kappa shape index (κ3) is 2.32. The molecule has 0 bridgehead atoms. The Hall–Kier alpha value is -3.34. The molecule has 0 saturated carbocycles. The fourth-order valence-corrected chi connectivity index (χ4v) is 3.11. The summed E-state index contributed by atoms with van der Waals surface area (Å²) >= 11 is 0. The van der Waals surface area contributed by atoms with Crippen LogP contribution in [0.2, 0.25) is 0 Å². The Labute approximate surface area is 142 Å². The molecule has 0 aliphatic carbocycles. The van der Waals surface area contributed by atoms with Gasteiger partial charge < -0.3 is 13.9 Å². The topological polar surface area (TPSA) is 80.7 Å². The normalized spacial score (nSPS) is 11.3. The van der Waals surface area contributed by atoms with Gasteiger partial charge in [-0.3, -0.25) is 4.79 Å². The lowest BCUT2D eigenvalue weighted by Gasteiger charge is -2.04. The Kier molecular flexibility index (Phi) is 3.25. The van der Waals surface area contributed by atoms with Crippen LogP contribution < -0.4 is 5.63 Å². The van der Waals surface area contributed by atoms with Crippen LogP contribution in [0.1, 0.15) is 27.2 Å². The average molecular weight is 334 g/mol. The molecular formula is C20H14O5. The number of rotatable bonds is 2. The zero-order valence-corrected chi connectivity index (χ0v) is 13.6. The largest absolute Gasteiger partial charge is 0.508 e. The number of ketones is 1. The first-order valence-corrected chi connectivity index (χ1v) is 7.76. The Bertz CT molecular complexity index is 1190. The molecule has 0 radical (unpaired) electrons. The van der Waals surface area contributed by atoms with Crippen molar-refractivity contribution in [1.29, 1.82) is 0 Å². The minimum absolute atomic E-state index is 0.0809. The highest BCUT2D eigenvalue weighted by molar-refractivity contribution is 6.21. The van der Waals surface area contributed by atoms with E-state index in [1.165, 1.54) is 18.2 Å². The van der Waals surface area contributed by atoms with Gasteiger partial charge in [-0.05, 0) is 55.8 Å². The lowest BCUT2D eigenvalue weighted by molar-refractivity contribution is 0.103. The third-order valence-electron chi connectivity index (χ3n) is 4.30. The van der Waals surface area contributed by atoms with E-state index in [0.29, 0.717) is 33.4 Å². The molecule has 0 saturated heterocycles. The third-order valence-corrected chi connectivity index (χ3v) is 4.30. The van der Waals surface area contributed by atoms with E-state index < -0.39 is 5.63 Å². The summed E-state index contributed by atoms with van der Waals surface area (Å²) in [6.07, 6.45) is 0. The molecule has 0 atom stereocenters. The van der Waals surface area contributed by atoms with E-state index in [0.717, 1.165) is 10.9 Å². The molecule has 2 aromatic carbocycles. The van der Waals surface area contributed by atoms with Crippen LogP contribution in [0.15, 0.2) is 56.1 Å². The van der Waals surface area contributed by atoms with Gasteiger partial charge in [0, 0.05) is 17.0 Å². The molecule has 4 aromatic rings. The van der Waals surface area contributed by atoms with E-state index >= 15 is 0 Å². The van der Waals surface area contributed by atoms with Crippen LogP contribution in [0.4, 0.5) is 0 Å². The van der Waals surface area contributed by atoms with Crippen LogP contribution in [-0.2, 0) is 0 Å². The molecule has 0 unspecified atom stereocenters. The maximum atomic E-state index is 13.0. The number of aryl methyl sites for hydroxylation is 2. The Morgan fingerprint density at radius 3 is 2.44 bits per heavy atom. The molecule has 25 heavy (non-hydrogen) atoms. The molecule has 2 aromatic heterocycles. The Morgan fingerprint density at radius 1 is 1.00 bits per heavy atom. The van der Waals surface area contributed by atoms with Crippen LogP contribution in [0.25, 0.3) is 21.9 Å². The van der Waals surface area contributed by atoms with Crippen molar-refractivity contribution in [2.24, 2.45) is 0 Å². The van der Waals surface area contributed by atoms with Crippen LogP contribution >= 0.6 is 0 Å². The summed E-state index contributed by atoms with van der Waals surface area (Å²) in [5, 5.41) is 10.7. The van der Waals surface area contributed by atoms with E-state index in [1.54, 1.807) is 25.1 Å². The second-order valence-electron chi connectivity index (χ2n) is 5.97. The molecule has 5 nitrogen and oxygen atoms in total. The van der Waals surface area contributed by atoms with Gasteiger partial charge in [-0.2, -0.15) is 0 Å². The molecule has 0 spiro atoms. The van der Waals surface area contributed by atoms with Gasteiger partial charge in [0.05, 0.1) is 10.9 Å². The first-order chi connectivity index (χ1) is 12.0. The zero-order valence-electron chi connectivity index (χ0n) is 13.6. The number of carbonyl (C=O) groups excluding carboxylic acids is 1. The van der Waals surface area contributed by atoms with Gasteiger partial charge in [0.15, 0.2) is 11.4 Å². The number of phenols is 1. The first kappa shape index (κ1) is 15.2. The zero-order chi connectivity index (χ0) is 17.7. The summed E-state index contributed by atoms with van der Waals surface area (Å²) < 4.78 is 11.1. The number of hydrogen-bond acceptors (Lipinski definition) is 5. The van der Waals surface area contributed by atoms with Crippen LogP contribution in [0.5, 0.6) is 5.75 Å². The maximum absolute atomic E-state index is 13.0. The van der Waals surface area contributed by atoms with E-state index in [1.807, 2.05) is 13.0 Å². The number of hydrogen-bond donors (Lipinski definition) is 1. The fourth-order valence-electron chi connectivity index (χ4n) is 3.11. The summed E-state index contributed by atoms with van der Waals surface area (Å²) in [6.45, 7) is 3.52. The highest BCUT2D eigenvalue weighted by Crippen LogP contribution is 2.34. The number of carbonyl (C=O) groups is 1. The summed E-state index contributed by atoms with van der Waals surface area (Å²) in [4.78, 5) is 24.8. The van der Waals surface area contributed by atoms with E-state index in [-0.39, 0.29) is 11.5 Å². The summed E-state index contributed by atoms with van der Waals surface area (Å²) in [7, 11) is 0.